The Morgan fingerprint density at radius 2 is 2.19 bits per heavy atom. The molecule has 0 saturated heterocycles. The molecule has 0 atom stereocenters. The third-order valence-electron chi connectivity index (χ3n) is 2.30. The molecule has 0 unspecified atom stereocenters. The van der Waals surface area contributed by atoms with Crippen LogP contribution >= 0.6 is 0 Å². The Balaban J connectivity index is 2.84. The van der Waals surface area contributed by atoms with E-state index in [1.54, 1.807) is 16.9 Å². The van der Waals surface area contributed by atoms with Crippen molar-refractivity contribution in [1.82, 2.24) is 9.78 Å². The van der Waals surface area contributed by atoms with E-state index < -0.39 is 0 Å². The summed E-state index contributed by atoms with van der Waals surface area (Å²) in [6, 6.07) is 1.65. The fourth-order valence-corrected chi connectivity index (χ4v) is 1.21. The number of ketones is 1. The largest absolute Gasteiger partial charge is 0.411 e. The molecule has 1 aromatic heterocycles. The number of hydrogen-bond donors (Lipinski definition) is 1. The normalized spacial score (nSPS) is 12.9. The fraction of sp³-hybridized carbons (Fsp3) is 0.545. The van der Waals surface area contributed by atoms with Crippen LogP contribution < -0.4 is 0 Å². The van der Waals surface area contributed by atoms with Gasteiger partial charge in [-0.05, 0) is 6.07 Å². The lowest BCUT2D eigenvalue weighted by Crippen LogP contribution is -2.25. The summed E-state index contributed by atoms with van der Waals surface area (Å²) < 4.78 is 1.59. The number of rotatable bonds is 3. The standard InChI is InChI=1S/C11H17N3O2/c1-8(15)9-5-6-14(12-9)7-10(13-16)11(2,3)4/h5-6,16H,7H2,1-4H3. The Labute approximate surface area is 94.8 Å². The average Bonchev–Trinajstić information content (AvgIpc) is 2.60. The first-order valence-corrected chi connectivity index (χ1v) is 5.10. The second kappa shape index (κ2) is 4.47. The summed E-state index contributed by atoms with van der Waals surface area (Å²) in [5.41, 5.74) is 0.814. The summed E-state index contributed by atoms with van der Waals surface area (Å²) >= 11 is 0. The molecular formula is C11H17N3O2. The van der Waals surface area contributed by atoms with Crippen molar-refractivity contribution < 1.29 is 10.0 Å². The number of Topliss-reactive ketones (excluding diaryl/α,β-unsaturated/α-hetero) is 1. The second-order valence-electron chi connectivity index (χ2n) is 4.75. The van der Waals surface area contributed by atoms with Gasteiger partial charge in [-0.1, -0.05) is 25.9 Å². The molecule has 5 nitrogen and oxygen atoms in total. The SMILES string of the molecule is CC(=O)c1ccn(CC(=NO)C(C)(C)C)n1. The van der Waals surface area contributed by atoms with Crippen molar-refractivity contribution in [2.45, 2.75) is 34.2 Å². The van der Waals surface area contributed by atoms with E-state index in [0.717, 1.165) is 0 Å². The molecule has 0 bridgehead atoms. The van der Waals surface area contributed by atoms with E-state index in [4.69, 9.17) is 5.21 Å². The zero-order valence-electron chi connectivity index (χ0n) is 10.1. The van der Waals surface area contributed by atoms with Gasteiger partial charge in [-0.3, -0.25) is 9.48 Å². The van der Waals surface area contributed by atoms with Gasteiger partial charge in [0, 0.05) is 18.5 Å². The molecule has 1 N–H and O–H groups in total. The first-order chi connectivity index (χ1) is 7.34. The summed E-state index contributed by atoms with van der Waals surface area (Å²) in [4.78, 5) is 11.1. The number of carbonyl (C=O) groups is 1. The average molecular weight is 223 g/mol. The molecule has 0 amide bonds. The number of hydrogen-bond acceptors (Lipinski definition) is 4. The van der Waals surface area contributed by atoms with Crippen LogP contribution in [0.2, 0.25) is 0 Å². The predicted octanol–water partition coefficient (Wildman–Crippen LogP) is 1.96. The van der Waals surface area contributed by atoms with Crippen LogP contribution in [0.5, 0.6) is 0 Å². The lowest BCUT2D eigenvalue weighted by molar-refractivity contribution is 0.101. The molecular weight excluding hydrogens is 206 g/mol. The highest BCUT2D eigenvalue weighted by atomic mass is 16.4. The lowest BCUT2D eigenvalue weighted by atomic mass is 9.90. The van der Waals surface area contributed by atoms with Crippen molar-refractivity contribution in [3.8, 4) is 0 Å². The summed E-state index contributed by atoms with van der Waals surface area (Å²) in [5, 5.41) is 16.3. The third-order valence-corrected chi connectivity index (χ3v) is 2.30. The molecule has 0 saturated carbocycles. The molecule has 0 spiro atoms. The van der Waals surface area contributed by atoms with E-state index in [9.17, 15) is 4.79 Å². The smallest absolute Gasteiger partial charge is 0.179 e. The van der Waals surface area contributed by atoms with Gasteiger partial charge in [-0.25, -0.2) is 0 Å². The van der Waals surface area contributed by atoms with Crippen molar-refractivity contribution in [2.24, 2.45) is 10.6 Å². The minimum atomic E-state index is -0.225. The van der Waals surface area contributed by atoms with Crippen LogP contribution in [0.4, 0.5) is 0 Å². The Morgan fingerprint density at radius 1 is 1.56 bits per heavy atom. The molecule has 1 rings (SSSR count). The minimum absolute atomic E-state index is 0.0722. The van der Waals surface area contributed by atoms with Gasteiger partial charge in [-0.2, -0.15) is 5.10 Å². The Hall–Kier alpha value is -1.65. The summed E-state index contributed by atoms with van der Waals surface area (Å²) in [6.07, 6.45) is 1.70. The minimum Gasteiger partial charge on any atom is -0.411 e. The summed E-state index contributed by atoms with van der Waals surface area (Å²) in [5.74, 6) is -0.0722. The van der Waals surface area contributed by atoms with Crippen molar-refractivity contribution >= 4 is 11.5 Å². The van der Waals surface area contributed by atoms with Crippen LogP contribution in [0.25, 0.3) is 0 Å². The zero-order valence-corrected chi connectivity index (χ0v) is 10.1. The molecule has 5 heteroatoms. The summed E-state index contributed by atoms with van der Waals surface area (Å²) in [6.45, 7) is 7.72. The van der Waals surface area contributed by atoms with E-state index in [0.29, 0.717) is 18.0 Å². The third kappa shape index (κ3) is 2.92. The van der Waals surface area contributed by atoms with E-state index >= 15 is 0 Å². The van der Waals surface area contributed by atoms with E-state index in [1.165, 1.54) is 6.92 Å². The van der Waals surface area contributed by atoms with Gasteiger partial charge >= 0.3 is 0 Å². The van der Waals surface area contributed by atoms with Gasteiger partial charge in [0.2, 0.25) is 0 Å². The van der Waals surface area contributed by atoms with Gasteiger partial charge in [0.1, 0.15) is 5.69 Å². The first kappa shape index (κ1) is 12.4. The van der Waals surface area contributed by atoms with Crippen LogP contribution in [0, 0.1) is 5.41 Å². The Bertz CT molecular complexity index is 413. The fourth-order valence-electron chi connectivity index (χ4n) is 1.21. The van der Waals surface area contributed by atoms with E-state index in [2.05, 4.69) is 10.3 Å². The van der Waals surface area contributed by atoms with Crippen LogP contribution in [0.15, 0.2) is 17.4 Å². The maximum atomic E-state index is 11.1. The van der Waals surface area contributed by atoms with Gasteiger partial charge in [0.25, 0.3) is 0 Å². The number of nitrogens with zero attached hydrogens (tertiary/aromatic N) is 3. The maximum absolute atomic E-state index is 11.1. The number of aromatic nitrogens is 2. The highest BCUT2D eigenvalue weighted by molar-refractivity contribution is 5.92. The Kier molecular flexibility index (Phi) is 3.47. The lowest BCUT2D eigenvalue weighted by Gasteiger charge is -2.19. The van der Waals surface area contributed by atoms with E-state index in [1.807, 2.05) is 20.8 Å². The van der Waals surface area contributed by atoms with Crippen molar-refractivity contribution in [3.63, 3.8) is 0 Å². The van der Waals surface area contributed by atoms with Crippen molar-refractivity contribution in [1.29, 1.82) is 0 Å². The van der Waals surface area contributed by atoms with Gasteiger partial charge in [0.05, 0.1) is 12.3 Å². The van der Waals surface area contributed by atoms with Gasteiger partial charge in [0.15, 0.2) is 5.78 Å². The molecule has 0 radical (unpaired) electrons. The molecule has 1 heterocycles. The summed E-state index contributed by atoms with van der Waals surface area (Å²) in [7, 11) is 0. The van der Waals surface area contributed by atoms with Gasteiger partial charge in [-0.15, -0.1) is 0 Å². The molecule has 88 valence electrons. The monoisotopic (exact) mass is 223 g/mol. The van der Waals surface area contributed by atoms with Crippen molar-refractivity contribution in [2.75, 3.05) is 0 Å². The second-order valence-corrected chi connectivity index (χ2v) is 4.75. The molecule has 0 aromatic carbocycles. The topological polar surface area (TPSA) is 67.5 Å². The number of oxime groups is 1. The van der Waals surface area contributed by atoms with Crippen LogP contribution in [0.1, 0.15) is 38.2 Å². The van der Waals surface area contributed by atoms with Crippen LogP contribution in [0.3, 0.4) is 0 Å². The molecule has 1 aromatic rings. The maximum Gasteiger partial charge on any atom is 0.179 e. The number of carbonyl (C=O) groups excluding carboxylic acids is 1. The van der Waals surface area contributed by atoms with Crippen LogP contribution in [-0.2, 0) is 6.54 Å². The molecule has 16 heavy (non-hydrogen) atoms. The zero-order chi connectivity index (χ0) is 12.3. The Morgan fingerprint density at radius 3 is 2.56 bits per heavy atom. The highest BCUT2D eigenvalue weighted by Gasteiger charge is 2.20. The van der Waals surface area contributed by atoms with Crippen molar-refractivity contribution in [3.05, 3.63) is 18.0 Å². The molecule has 0 aliphatic heterocycles. The first-order valence-electron chi connectivity index (χ1n) is 5.10. The predicted molar refractivity (Wildman–Crippen MR) is 60.9 cm³/mol. The molecule has 0 fully saturated rings. The van der Waals surface area contributed by atoms with E-state index in [-0.39, 0.29) is 11.2 Å². The van der Waals surface area contributed by atoms with Gasteiger partial charge < -0.3 is 5.21 Å². The van der Waals surface area contributed by atoms with Crippen LogP contribution in [-0.4, -0.2) is 26.5 Å². The molecule has 0 aliphatic carbocycles. The highest BCUT2D eigenvalue weighted by Crippen LogP contribution is 2.17. The molecule has 0 aliphatic rings. The quantitative estimate of drug-likeness (QED) is 0.368.